The summed E-state index contributed by atoms with van der Waals surface area (Å²) in [6, 6.07) is 0. The molecule has 6 heteroatoms. The van der Waals surface area contributed by atoms with Gasteiger partial charge in [0.2, 0.25) is 0 Å². The highest BCUT2D eigenvalue weighted by Gasteiger charge is 2.19. The maximum Gasteiger partial charge on any atom is 0.293 e. The number of nitrogens with zero attached hydrogens (tertiary/aromatic N) is 2. The van der Waals surface area contributed by atoms with Gasteiger partial charge in [-0.15, -0.1) is 11.3 Å². The SMILES string of the molecule is CC(C)(C)OC=O.O=C(c1nccs1)N1CCCCC1. The highest BCUT2D eigenvalue weighted by atomic mass is 32.1. The quantitative estimate of drug-likeness (QED) is 0.788. The second kappa shape index (κ2) is 7.99. The first-order chi connectivity index (χ1) is 9.44. The molecule has 112 valence electrons. The Balaban J connectivity index is 0.000000246. The summed E-state index contributed by atoms with van der Waals surface area (Å²) in [6.07, 6.45) is 5.21. The smallest absolute Gasteiger partial charge is 0.293 e. The highest BCUT2D eigenvalue weighted by molar-refractivity contribution is 7.11. The average Bonchev–Trinajstić information content (AvgIpc) is 2.92. The molecule has 1 aromatic heterocycles. The first-order valence-electron chi connectivity index (χ1n) is 6.74. The van der Waals surface area contributed by atoms with Gasteiger partial charge < -0.3 is 9.64 Å². The van der Waals surface area contributed by atoms with Crippen LogP contribution in [0.25, 0.3) is 0 Å². The van der Waals surface area contributed by atoms with Gasteiger partial charge in [-0.3, -0.25) is 9.59 Å². The van der Waals surface area contributed by atoms with Crippen LogP contribution in [0.1, 0.15) is 49.8 Å². The van der Waals surface area contributed by atoms with Crippen molar-refractivity contribution < 1.29 is 14.3 Å². The summed E-state index contributed by atoms with van der Waals surface area (Å²) in [5, 5.41) is 2.47. The predicted octanol–water partition coefficient (Wildman–Crippen LogP) is 2.73. The van der Waals surface area contributed by atoms with Gasteiger partial charge in [0.05, 0.1) is 0 Å². The fourth-order valence-electron chi connectivity index (χ4n) is 1.71. The van der Waals surface area contributed by atoms with E-state index in [0.29, 0.717) is 11.5 Å². The van der Waals surface area contributed by atoms with Gasteiger partial charge in [-0.25, -0.2) is 4.98 Å². The third-order valence-corrected chi connectivity index (χ3v) is 3.42. The molecule has 0 bridgehead atoms. The molecule has 0 saturated carbocycles. The van der Waals surface area contributed by atoms with Crippen molar-refractivity contribution in [2.45, 2.75) is 45.6 Å². The Morgan fingerprint density at radius 1 is 1.35 bits per heavy atom. The van der Waals surface area contributed by atoms with Gasteiger partial charge in [0.1, 0.15) is 5.60 Å². The molecule has 0 N–H and O–H groups in total. The van der Waals surface area contributed by atoms with Crippen LogP contribution in [0.3, 0.4) is 0 Å². The van der Waals surface area contributed by atoms with E-state index in [1.165, 1.54) is 17.8 Å². The van der Waals surface area contributed by atoms with Crippen LogP contribution in [0.5, 0.6) is 0 Å². The third-order valence-electron chi connectivity index (χ3n) is 2.66. The lowest BCUT2D eigenvalue weighted by molar-refractivity contribution is -0.138. The maximum absolute atomic E-state index is 11.7. The first kappa shape index (κ1) is 16.6. The number of likely N-dealkylation sites (tertiary alicyclic amines) is 1. The number of rotatable bonds is 2. The fourth-order valence-corrected chi connectivity index (χ4v) is 2.31. The zero-order valence-corrected chi connectivity index (χ0v) is 13.1. The Morgan fingerprint density at radius 2 is 2.00 bits per heavy atom. The van der Waals surface area contributed by atoms with Crippen molar-refractivity contribution in [2.24, 2.45) is 0 Å². The predicted molar refractivity (Wildman–Crippen MR) is 78.8 cm³/mol. The molecule has 0 unspecified atom stereocenters. The third kappa shape index (κ3) is 6.14. The summed E-state index contributed by atoms with van der Waals surface area (Å²) >= 11 is 1.42. The molecular formula is C14H22N2O3S. The highest BCUT2D eigenvalue weighted by Crippen LogP contribution is 2.14. The van der Waals surface area contributed by atoms with E-state index in [1.54, 1.807) is 6.20 Å². The van der Waals surface area contributed by atoms with Gasteiger partial charge in [-0.05, 0) is 40.0 Å². The Bertz CT molecular complexity index is 407. The molecule has 2 heterocycles. The van der Waals surface area contributed by atoms with Gasteiger partial charge >= 0.3 is 0 Å². The molecule has 1 aliphatic heterocycles. The monoisotopic (exact) mass is 298 g/mol. The normalized spacial score (nSPS) is 15.1. The van der Waals surface area contributed by atoms with Crippen molar-refractivity contribution in [1.29, 1.82) is 0 Å². The van der Waals surface area contributed by atoms with Gasteiger partial charge in [-0.1, -0.05) is 0 Å². The zero-order chi connectivity index (χ0) is 15.0. The topological polar surface area (TPSA) is 59.5 Å². The maximum atomic E-state index is 11.7. The number of hydrogen-bond acceptors (Lipinski definition) is 5. The Hall–Kier alpha value is -1.43. The zero-order valence-electron chi connectivity index (χ0n) is 12.3. The molecule has 5 nitrogen and oxygen atoms in total. The Morgan fingerprint density at radius 3 is 2.40 bits per heavy atom. The van der Waals surface area contributed by atoms with Crippen molar-refractivity contribution >= 4 is 23.7 Å². The number of amides is 1. The van der Waals surface area contributed by atoms with E-state index in [1.807, 2.05) is 31.1 Å². The van der Waals surface area contributed by atoms with Crippen LogP contribution in [0.15, 0.2) is 11.6 Å². The fraction of sp³-hybridized carbons (Fsp3) is 0.643. The average molecular weight is 298 g/mol. The number of thiazole rings is 1. The van der Waals surface area contributed by atoms with E-state index >= 15 is 0 Å². The second-order valence-corrected chi connectivity index (χ2v) is 6.41. The van der Waals surface area contributed by atoms with Gasteiger partial charge in [0.15, 0.2) is 5.01 Å². The van der Waals surface area contributed by atoms with E-state index in [-0.39, 0.29) is 11.5 Å². The summed E-state index contributed by atoms with van der Waals surface area (Å²) in [7, 11) is 0. The van der Waals surface area contributed by atoms with Gasteiger partial charge in [0, 0.05) is 24.7 Å². The van der Waals surface area contributed by atoms with Gasteiger partial charge in [-0.2, -0.15) is 0 Å². The van der Waals surface area contributed by atoms with Crippen molar-refractivity contribution in [2.75, 3.05) is 13.1 Å². The van der Waals surface area contributed by atoms with Gasteiger partial charge in [0.25, 0.3) is 12.4 Å². The minimum Gasteiger partial charge on any atom is -0.462 e. The van der Waals surface area contributed by atoms with Crippen molar-refractivity contribution in [3.05, 3.63) is 16.6 Å². The molecule has 20 heavy (non-hydrogen) atoms. The van der Waals surface area contributed by atoms with E-state index in [2.05, 4.69) is 9.72 Å². The van der Waals surface area contributed by atoms with Crippen molar-refractivity contribution in [3.8, 4) is 0 Å². The van der Waals surface area contributed by atoms with Crippen LogP contribution in [0, 0.1) is 0 Å². The number of hydrogen-bond donors (Lipinski definition) is 0. The summed E-state index contributed by atoms with van der Waals surface area (Å²) < 4.78 is 4.55. The summed E-state index contributed by atoms with van der Waals surface area (Å²) in [5.41, 5.74) is -0.318. The van der Waals surface area contributed by atoms with Crippen LogP contribution in [-0.4, -0.2) is 41.0 Å². The molecule has 2 rings (SSSR count). The van der Waals surface area contributed by atoms with Crippen LogP contribution in [0.2, 0.25) is 0 Å². The lowest BCUT2D eigenvalue weighted by Gasteiger charge is -2.25. The van der Waals surface area contributed by atoms with Crippen LogP contribution >= 0.6 is 11.3 Å². The first-order valence-corrected chi connectivity index (χ1v) is 7.62. The number of carbonyl (C=O) groups excluding carboxylic acids is 2. The van der Waals surface area contributed by atoms with Crippen molar-refractivity contribution in [1.82, 2.24) is 9.88 Å². The van der Waals surface area contributed by atoms with Crippen molar-refractivity contribution in [3.63, 3.8) is 0 Å². The Labute approximate surface area is 124 Å². The molecular weight excluding hydrogens is 276 g/mol. The molecule has 1 saturated heterocycles. The molecule has 0 aromatic carbocycles. The summed E-state index contributed by atoms with van der Waals surface area (Å²) in [4.78, 5) is 27.3. The minimum atomic E-state index is -0.318. The molecule has 1 aliphatic rings. The number of aromatic nitrogens is 1. The lowest BCUT2D eigenvalue weighted by atomic mass is 10.1. The minimum absolute atomic E-state index is 0.106. The number of piperidine rings is 1. The van der Waals surface area contributed by atoms with E-state index in [0.717, 1.165) is 25.9 Å². The standard InChI is InChI=1S/C9H12N2OS.C5H10O2/c12-9(8-10-4-7-13-8)11-5-2-1-3-6-11;1-5(2,3)7-4-6/h4,7H,1-3,5-6H2;4H,1-3H3. The van der Waals surface area contributed by atoms with Crippen LogP contribution < -0.4 is 0 Å². The Kier molecular flexibility index (Phi) is 6.64. The van der Waals surface area contributed by atoms with E-state index in [9.17, 15) is 9.59 Å². The van der Waals surface area contributed by atoms with Crippen LogP contribution in [-0.2, 0) is 9.53 Å². The molecule has 0 radical (unpaired) electrons. The molecule has 0 atom stereocenters. The molecule has 1 fully saturated rings. The molecule has 0 spiro atoms. The van der Waals surface area contributed by atoms with E-state index in [4.69, 9.17) is 0 Å². The number of carbonyl (C=O) groups is 2. The second-order valence-electron chi connectivity index (χ2n) is 5.52. The summed E-state index contributed by atoms with van der Waals surface area (Å²) in [6.45, 7) is 7.72. The van der Waals surface area contributed by atoms with Crippen LogP contribution in [0.4, 0.5) is 0 Å². The molecule has 1 aromatic rings. The summed E-state index contributed by atoms with van der Waals surface area (Å²) in [5.74, 6) is 0.106. The largest absolute Gasteiger partial charge is 0.462 e. The molecule has 1 amide bonds. The molecule has 0 aliphatic carbocycles. The lowest BCUT2D eigenvalue weighted by Crippen LogP contribution is -2.35. The van der Waals surface area contributed by atoms with E-state index < -0.39 is 0 Å². The number of ether oxygens (including phenoxy) is 1.